The van der Waals surface area contributed by atoms with Crippen molar-refractivity contribution in [3.8, 4) is 17.5 Å². The molecule has 0 bridgehead atoms. The van der Waals surface area contributed by atoms with Crippen LogP contribution in [0.4, 0.5) is 11.4 Å². The number of carbonyl (C=O) groups is 2. The van der Waals surface area contributed by atoms with E-state index >= 15 is 0 Å². The number of hydrogen-bond acceptors (Lipinski definition) is 6. The molecule has 0 aliphatic heterocycles. The average molecular weight is 356 g/mol. The first-order valence-corrected chi connectivity index (χ1v) is 7.82. The highest BCUT2D eigenvalue weighted by atomic mass is 16.5. The Morgan fingerprint density at radius 1 is 1.31 bits per heavy atom. The van der Waals surface area contributed by atoms with Crippen LogP contribution >= 0.6 is 0 Å². The highest BCUT2D eigenvalue weighted by Crippen LogP contribution is 2.31. The van der Waals surface area contributed by atoms with Crippen molar-refractivity contribution in [1.29, 1.82) is 5.26 Å². The van der Waals surface area contributed by atoms with Crippen LogP contribution in [0.25, 0.3) is 5.69 Å². The van der Waals surface area contributed by atoms with Gasteiger partial charge in [-0.15, -0.1) is 0 Å². The van der Waals surface area contributed by atoms with Gasteiger partial charge in [-0.25, -0.2) is 4.79 Å². The molecule has 26 heavy (non-hydrogen) atoms. The summed E-state index contributed by atoms with van der Waals surface area (Å²) < 4.78 is 11.4. The van der Waals surface area contributed by atoms with Gasteiger partial charge < -0.3 is 25.1 Å². The summed E-state index contributed by atoms with van der Waals surface area (Å²) in [4.78, 5) is 24.3. The van der Waals surface area contributed by atoms with Crippen LogP contribution in [-0.4, -0.2) is 30.7 Å². The maximum Gasteiger partial charge on any atom is 0.357 e. The summed E-state index contributed by atoms with van der Waals surface area (Å²) in [6.45, 7) is 3.52. The lowest BCUT2D eigenvalue weighted by molar-refractivity contribution is -0.118. The van der Waals surface area contributed by atoms with Gasteiger partial charge in [0, 0.05) is 18.2 Å². The van der Waals surface area contributed by atoms with E-state index in [2.05, 4.69) is 5.32 Å². The van der Waals surface area contributed by atoms with Gasteiger partial charge >= 0.3 is 5.97 Å². The molecule has 0 unspecified atom stereocenters. The van der Waals surface area contributed by atoms with E-state index in [0.29, 0.717) is 17.1 Å². The number of benzene rings is 1. The second-order valence-corrected chi connectivity index (χ2v) is 5.81. The van der Waals surface area contributed by atoms with Crippen molar-refractivity contribution in [3.05, 3.63) is 35.7 Å². The number of nitrogens with two attached hydrogens (primary N) is 1. The molecule has 0 spiro atoms. The van der Waals surface area contributed by atoms with Crippen molar-refractivity contribution in [2.75, 3.05) is 25.3 Å². The maximum absolute atomic E-state index is 12.2. The van der Waals surface area contributed by atoms with Crippen LogP contribution in [0, 0.1) is 17.2 Å². The number of nitrogen functional groups attached to an aromatic ring is 1. The molecule has 0 aliphatic rings. The molecule has 0 saturated heterocycles. The number of rotatable bonds is 5. The number of anilines is 2. The standard InChI is InChI=1S/C18H20N4O4/c1-10(2)17(23)21-13-7-12(25-3)5-6-14(13)22-9-11(8-19)15(20)16(22)18(24)26-4/h5-7,9-10H,20H2,1-4H3,(H,21,23). The maximum atomic E-state index is 12.2. The summed E-state index contributed by atoms with van der Waals surface area (Å²) in [5.74, 6) is -0.632. The molecule has 0 aliphatic carbocycles. The van der Waals surface area contributed by atoms with Gasteiger partial charge in [-0.3, -0.25) is 4.79 Å². The fourth-order valence-corrected chi connectivity index (χ4v) is 2.33. The predicted molar refractivity (Wildman–Crippen MR) is 96.3 cm³/mol. The molecule has 1 aromatic heterocycles. The zero-order valence-electron chi connectivity index (χ0n) is 15.0. The number of nitrogens with zero attached hydrogens (tertiary/aromatic N) is 2. The van der Waals surface area contributed by atoms with Crippen molar-refractivity contribution in [1.82, 2.24) is 4.57 Å². The predicted octanol–water partition coefficient (Wildman–Crippen LogP) is 2.32. The van der Waals surface area contributed by atoms with Gasteiger partial charge in [0.15, 0.2) is 5.69 Å². The number of carbonyl (C=O) groups excluding carboxylic acids is 2. The first-order valence-electron chi connectivity index (χ1n) is 7.82. The Bertz CT molecular complexity index is 893. The molecule has 2 aromatic rings. The Labute approximate surface area is 151 Å². The van der Waals surface area contributed by atoms with Gasteiger partial charge in [0.1, 0.15) is 11.8 Å². The number of aromatic nitrogens is 1. The highest BCUT2D eigenvalue weighted by molar-refractivity contribution is 5.98. The third-order valence-electron chi connectivity index (χ3n) is 3.79. The van der Waals surface area contributed by atoms with Gasteiger partial charge in [0.25, 0.3) is 0 Å². The summed E-state index contributed by atoms with van der Waals surface area (Å²) in [6.07, 6.45) is 1.43. The van der Waals surface area contributed by atoms with E-state index in [4.69, 9.17) is 15.2 Å². The normalized spacial score (nSPS) is 10.3. The van der Waals surface area contributed by atoms with Crippen molar-refractivity contribution in [2.45, 2.75) is 13.8 Å². The number of nitrogens with one attached hydrogen (secondary N) is 1. The van der Waals surface area contributed by atoms with E-state index in [9.17, 15) is 14.9 Å². The topological polar surface area (TPSA) is 119 Å². The molecular formula is C18H20N4O4. The molecule has 1 aromatic carbocycles. The Hall–Kier alpha value is -3.47. The molecule has 2 rings (SSSR count). The molecule has 1 heterocycles. The van der Waals surface area contributed by atoms with Gasteiger partial charge in [-0.1, -0.05) is 13.8 Å². The second-order valence-electron chi connectivity index (χ2n) is 5.81. The van der Waals surface area contributed by atoms with Crippen LogP contribution < -0.4 is 15.8 Å². The Kier molecular flexibility index (Phi) is 5.52. The summed E-state index contributed by atoms with van der Waals surface area (Å²) in [5.41, 5.74) is 6.94. The third kappa shape index (κ3) is 3.47. The average Bonchev–Trinajstić information content (AvgIpc) is 2.96. The molecule has 0 atom stereocenters. The Morgan fingerprint density at radius 2 is 2.00 bits per heavy atom. The molecule has 0 radical (unpaired) electrons. The van der Waals surface area contributed by atoms with E-state index in [1.807, 2.05) is 6.07 Å². The van der Waals surface area contributed by atoms with Crippen LogP contribution in [-0.2, 0) is 9.53 Å². The molecule has 0 saturated carbocycles. The highest BCUT2D eigenvalue weighted by Gasteiger charge is 2.24. The van der Waals surface area contributed by atoms with Crippen LogP contribution in [0.1, 0.15) is 29.9 Å². The van der Waals surface area contributed by atoms with Gasteiger partial charge in [-0.2, -0.15) is 5.26 Å². The van der Waals surface area contributed by atoms with Crippen LogP contribution in [0.3, 0.4) is 0 Å². The molecule has 8 heteroatoms. The van der Waals surface area contributed by atoms with E-state index in [-0.39, 0.29) is 28.8 Å². The fraction of sp³-hybridized carbons (Fsp3) is 0.278. The first-order chi connectivity index (χ1) is 12.3. The summed E-state index contributed by atoms with van der Waals surface area (Å²) in [5, 5.41) is 12.0. The van der Waals surface area contributed by atoms with E-state index in [1.54, 1.807) is 32.0 Å². The number of esters is 1. The Morgan fingerprint density at radius 3 is 2.54 bits per heavy atom. The second kappa shape index (κ2) is 7.61. The van der Waals surface area contributed by atoms with E-state index < -0.39 is 5.97 Å². The van der Waals surface area contributed by atoms with Crippen LogP contribution in [0.5, 0.6) is 5.75 Å². The zero-order valence-corrected chi connectivity index (χ0v) is 15.0. The fourth-order valence-electron chi connectivity index (χ4n) is 2.33. The van der Waals surface area contributed by atoms with Crippen LogP contribution in [0.15, 0.2) is 24.4 Å². The molecular weight excluding hydrogens is 336 g/mol. The third-order valence-corrected chi connectivity index (χ3v) is 3.79. The number of nitriles is 1. The minimum atomic E-state index is -0.694. The molecule has 8 nitrogen and oxygen atoms in total. The molecule has 1 amide bonds. The van der Waals surface area contributed by atoms with E-state index in [0.717, 1.165) is 0 Å². The quantitative estimate of drug-likeness (QED) is 0.794. The van der Waals surface area contributed by atoms with Gasteiger partial charge in [0.05, 0.1) is 36.8 Å². The monoisotopic (exact) mass is 356 g/mol. The van der Waals surface area contributed by atoms with Crippen molar-refractivity contribution < 1.29 is 19.1 Å². The van der Waals surface area contributed by atoms with Crippen LogP contribution in [0.2, 0.25) is 0 Å². The lowest BCUT2D eigenvalue weighted by atomic mass is 10.2. The lowest BCUT2D eigenvalue weighted by Crippen LogP contribution is -2.20. The Balaban J connectivity index is 2.70. The number of ether oxygens (including phenoxy) is 2. The molecule has 136 valence electrons. The lowest BCUT2D eigenvalue weighted by Gasteiger charge is -2.16. The first kappa shape index (κ1) is 18.9. The summed E-state index contributed by atoms with van der Waals surface area (Å²) in [7, 11) is 2.73. The number of hydrogen-bond donors (Lipinski definition) is 2. The zero-order chi connectivity index (χ0) is 19.4. The van der Waals surface area contributed by atoms with Crippen molar-refractivity contribution in [2.24, 2.45) is 5.92 Å². The minimum absolute atomic E-state index is 0.00858. The smallest absolute Gasteiger partial charge is 0.357 e. The van der Waals surface area contributed by atoms with Crippen molar-refractivity contribution >= 4 is 23.3 Å². The number of amides is 1. The summed E-state index contributed by atoms with van der Waals surface area (Å²) in [6, 6.07) is 6.89. The van der Waals surface area contributed by atoms with Crippen molar-refractivity contribution in [3.63, 3.8) is 0 Å². The molecule has 3 N–H and O–H groups in total. The minimum Gasteiger partial charge on any atom is -0.497 e. The molecule has 0 fully saturated rings. The summed E-state index contributed by atoms with van der Waals surface area (Å²) >= 11 is 0. The SMILES string of the molecule is COC(=O)c1c(N)c(C#N)cn1-c1ccc(OC)cc1NC(=O)C(C)C. The van der Waals surface area contributed by atoms with Gasteiger partial charge in [-0.05, 0) is 12.1 Å². The number of methoxy groups -OCH3 is 2. The van der Waals surface area contributed by atoms with E-state index in [1.165, 1.54) is 25.0 Å². The van der Waals surface area contributed by atoms with Gasteiger partial charge in [0.2, 0.25) is 5.91 Å². The largest absolute Gasteiger partial charge is 0.497 e.